The number of carbonyl (C=O) groups excluding carboxylic acids is 2. The molecule has 0 aliphatic rings. The molecule has 0 radical (unpaired) electrons. The summed E-state index contributed by atoms with van der Waals surface area (Å²) in [6.07, 6.45) is 2.00. The highest BCUT2D eigenvalue weighted by atomic mass is 16.5. The lowest BCUT2D eigenvalue weighted by molar-refractivity contribution is -0.114. The van der Waals surface area contributed by atoms with E-state index in [1.54, 1.807) is 7.11 Å². The van der Waals surface area contributed by atoms with E-state index in [1.807, 2.05) is 91.9 Å². The Morgan fingerprint density at radius 1 is 0.892 bits per heavy atom. The number of benzene rings is 3. The third kappa shape index (κ3) is 6.82. The lowest BCUT2D eigenvalue weighted by Gasteiger charge is -2.12. The fraction of sp³-hybridized carbons (Fsp3) is 0.194. The zero-order valence-electron chi connectivity index (χ0n) is 21.4. The van der Waals surface area contributed by atoms with Gasteiger partial charge in [0, 0.05) is 35.8 Å². The number of aromatic nitrogens is 1. The molecule has 3 aromatic carbocycles. The number of pyridine rings is 1. The van der Waals surface area contributed by atoms with Gasteiger partial charge in [0.1, 0.15) is 11.6 Å². The van der Waals surface area contributed by atoms with Gasteiger partial charge in [0.25, 0.3) is 0 Å². The highest BCUT2D eigenvalue weighted by Crippen LogP contribution is 2.26. The molecule has 1 heterocycles. The number of anilines is 3. The second kappa shape index (κ2) is 12.0. The molecule has 188 valence electrons. The minimum atomic E-state index is -0.107. The Labute approximate surface area is 217 Å². The topological polar surface area (TPSA) is 80.3 Å². The summed E-state index contributed by atoms with van der Waals surface area (Å²) in [4.78, 5) is 29.0. The number of hydrogen-bond donors (Lipinski definition) is 2. The maximum absolute atomic E-state index is 12.9. The molecular weight excluding hydrogens is 462 g/mol. The first-order valence-electron chi connectivity index (χ1n) is 12.3. The van der Waals surface area contributed by atoms with Crippen molar-refractivity contribution in [1.29, 1.82) is 0 Å². The Bertz CT molecular complexity index is 1400. The van der Waals surface area contributed by atoms with Gasteiger partial charge in [-0.15, -0.1) is 0 Å². The zero-order valence-corrected chi connectivity index (χ0v) is 21.4. The summed E-state index contributed by atoms with van der Waals surface area (Å²) in [7, 11) is 1.67. The molecule has 0 aliphatic carbocycles. The molecule has 1 aromatic heterocycles. The Morgan fingerprint density at radius 2 is 1.68 bits per heavy atom. The van der Waals surface area contributed by atoms with Crippen LogP contribution in [-0.2, 0) is 11.2 Å². The fourth-order valence-electron chi connectivity index (χ4n) is 4.14. The molecule has 0 spiro atoms. The molecule has 0 bridgehead atoms. The number of amides is 1. The normalized spacial score (nSPS) is 10.6. The molecule has 0 fully saturated rings. The van der Waals surface area contributed by atoms with Gasteiger partial charge in [0.05, 0.1) is 12.8 Å². The van der Waals surface area contributed by atoms with Gasteiger partial charge in [0.15, 0.2) is 5.78 Å². The molecule has 0 aliphatic heterocycles. The maximum Gasteiger partial charge on any atom is 0.221 e. The number of Topliss-reactive ketones (excluding diaryl/α,β-unsaturated/α-hetero) is 1. The van der Waals surface area contributed by atoms with Crippen LogP contribution in [0.5, 0.6) is 5.75 Å². The quantitative estimate of drug-likeness (QED) is 0.233. The van der Waals surface area contributed by atoms with Gasteiger partial charge in [0.2, 0.25) is 5.91 Å². The minimum Gasteiger partial charge on any atom is -0.496 e. The molecule has 2 N–H and O–H groups in total. The molecule has 0 atom stereocenters. The molecular formula is C31H31N3O3. The summed E-state index contributed by atoms with van der Waals surface area (Å²) in [5.74, 6) is 1.58. The summed E-state index contributed by atoms with van der Waals surface area (Å²) in [6.45, 7) is 3.48. The number of aryl methyl sites for hydroxylation is 2. The van der Waals surface area contributed by atoms with Crippen LogP contribution >= 0.6 is 0 Å². The molecule has 6 heteroatoms. The predicted octanol–water partition coefficient (Wildman–Crippen LogP) is 6.97. The smallest absolute Gasteiger partial charge is 0.221 e. The van der Waals surface area contributed by atoms with Gasteiger partial charge in [-0.1, -0.05) is 48.5 Å². The van der Waals surface area contributed by atoms with Gasteiger partial charge in [-0.05, 0) is 67.3 Å². The van der Waals surface area contributed by atoms with Crippen molar-refractivity contribution in [1.82, 2.24) is 4.98 Å². The van der Waals surface area contributed by atoms with Crippen LogP contribution in [0.15, 0.2) is 84.9 Å². The van der Waals surface area contributed by atoms with Gasteiger partial charge in [-0.25, -0.2) is 4.98 Å². The molecule has 6 nitrogen and oxygen atoms in total. The van der Waals surface area contributed by atoms with Crippen LogP contribution in [0.2, 0.25) is 0 Å². The molecule has 0 saturated heterocycles. The third-order valence-corrected chi connectivity index (χ3v) is 6.09. The van der Waals surface area contributed by atoms with Gasteiger partial charge in [-0.3, -0.25) is 9.59 Å². The van der Waals surface area contributed by atoms with E-state index in [9.17, 15) is 9.59 Å². The molecule has 4 rings (SSSR count). The van der Waals surface area contributed by atoms with Crippen LogP contribution in [-0.4, -0.2) is 23.8 Å². The van der Waals surface area contributed by atoms with E-state index in [0.29, 0.717) is 12.0 Å². The van der Waals surface area contributed by atoms with E-state index in [4.69, 9.17) is 9.72 Å². The van der Waals surface area contributed by atoms with Crippen LogP contribution in [0.4, 0.5) is 17.2 Å². The lowest BCUT2D eigenvalue weighted by atomic mass is 10.0. The molecule has 0 unspecified atom stereocenters. The average Bonchev–Trinajstić information content (AvgIpc) is 2.90. The lowest BCUT2D eigenvalue weighted by Crippen LogP contribution is -2.05. The zero-order chi connectivity index (χ0) is 26.2. The van der Waals surface area contributed by atoms with Gasteiger partial charge < -0.3 is 15.4 Å². The number of nitrogens with zero attached hydrogens (tertiary/aromatic N) is 1. The van der Waals surface area contributed by atoms with Crippen LogP contribution in [0.3, 0.4) is 0 Å². The van der Waals surface area contributed by atoms with Crippen molar-refractivity contribution in [3.05, 3.63) is 102 Å². The first-order chi connectivity index (χ1) is 17.9. The number of para-hydroxylation sites is 1. The second-order valence-corrected chi connectivity index (χ2v) is 8.91. The average molecular weight is 494 g/mol. The first kappa shape index (κ1) is 25.6. The van der Waals surface area contributed by atoms with Crippen molar-refractivity contribution in [2.75, 3.05) is 17.7 Å². The van der Waals surface area contributed by atoms with E-state index in [-0.39, 0.29) is 11.7 Å². The van der Waals surface area contributed by atoms with Gasteiger partial charge >= 0.3 is 0 Å². The highest BCUT2D eigenvalue weighted by molar-refractivity contribution is 5.97. The number of rotatable bonds is 10. The monoisotopic (exact) mass is 493 g/mol. The van der Waals surface area contributed by atoms with Crippen LogP contribution in [0.1, 0.15) is 41.3 Å². The minimum absolute atomic E-state index is 0.107. The molecule has 0 saturated carbocycles. The first-order valence-corrected chi connectivity index (χ1v) is 12.3. The van der Waals surface area contributed by atoms with E-state index in [0.717, 1.165) is 58.2 Å². The summed E-state index contributed by atoms with van der Waals surface area (Å²) in [5.41, 5.74) is 6.08. The SMILES string of the molecule is COc1ccccc1CCCC(=O)c1cccc(Nc2nc(-c3ccc(NC(C)=O)cc3)ccc2C)c1. The van der Waals surface area contributed by atoms with Crippen molar-refractivity contribution >= 4 is 28.9 Å². The second-order valence-electron chi connectivity index (χ2n) is 8.91. The summed E-state index contributed by atoms with van der Waals surface area (Å²) >= 11 is 0. The largest absolute Gasteiger partial charge is 0.496 e. The predicted molar refractivity (Wildman–Crippen MR) is 149 cm³/mol. The third-order valence-electron chi connectivity index (χ3n) is 6.09. The van der Waals surface area contributed by atoms with Crippen molar-refractivity contribution in [3.63, 3.8) is 0 Å². The molecule has 1 amide bonds. The molecule has 37 heavy (non-hydrogen) atoms. The highest BCUT2D eigenvalue weighted by Gasteiger charge is 2.10. The van der Waals surface area contributed by atoms with E-state index in [1.165, 1.54) is 6.92 Å². The summed E-state index contributed by atoms with van der Waals surface area (Å²) in [6, 6.07) is 27.0. The van der Waals surface area contributed by atoms with E-state index >= 15 is 0 Å². The van der Waals surface area contributed by atoms with Crippen molar-refractivity contribution in [2.24, 2.45) is 0 Å². The number of hydrogen-bond acceptors (Lipinski definition) is 5. The summed E-state index contributed by atoms with van der Waals surface area (Å²) < 4.78 is 5.41. The number of ketones is 1. The van der Waals surface area contributed by atoms with E-state index in [2.05, 4.69) is 10.6 Å². The van der Waals surface area contributed by atoms with Crippen molar-refractivity contribution in [3.8, 4) is 17.0 Å². The van der Waals surface area contributed by atoms with E-state index < -0.39 is 0 Å². The fourth-order valence-corrected chi connectivity index (χ4v) is 4.14. The van der Waals surface area contributed by atoms with Crippen LogP contribution < -0.4 is 15.4 Å². The number of nitrogens with one attached hydrogen (secondary N) is 2. The Balaban J connectivity index is 1.43. The number of methoxy groups -OCH3 is 1. The standard InChI is InChI=1S/C31H31N3O3/c1-21-14-19-28(23-15-17-26(18-16-23)32-22(2)35)34-31(21)33-27-11-6-10-25(20-27)29(36)12-7-9-24-8-4-5-13-30(24)37-3/h4-6,8,10-11,13-20H,7,9,12H2,1-3H3,(H,32,35)(H,33,34). The van der Waals surface area contributed by atoms with Crippen LogP contribution in [0.25, 0.3) is 11.3 Å². The number of ether oxygens (including phenoxy) is 1. The Hall–Kier alpha value is -4.45. The number of carbonyl (C=O) groups is 2. The Kier molecular flexibility index (Phi) is 8.31. The molecule has 4 aromatic rings. The Morgan fingerprint density at radius 3 is 2.43 bits per heavy atom. The summed E-state index contributed by atoms with van der Waals surface area (Å²) in [5, 5.41) is 6.15. The van der Waals surface area contributed by atoms with Crippen LogP contribution in [0, 0.1) is 6.92 Å². The van der Waals surface area contributed by atoms with Crippen molar-refractivity contribution < 1.29 is 14.3 Å². The van der Waals surface area contributed by atoms with Gasteiger partial charge in [-0.2, -0.15) is 0 Å². The van der Waals surface area contributed by atoms with Crippen molar-refractivity contribution in [2.45, 2.75) is 33.1 Å². The maximum atomic E-state index is 12.9.